The molecule has 0 radical (unpaired) electrons. The van der Waals surface area contributed by atoms with Crippen LogP contribution < -0.4 is 5.14 Å². The molecule has 0 saturated heterocycles. The predicted molar refractivity (Wildman–Crippen MR) is 111 cm³/mol. The van der Waals surface area contributed by atoms with Crippen molar-refractivity contribution in [2.45, 2.75) is 11.3 Å². The third-order valence-electron chi connectivity index (χ3n) is 4.65. The first-order valence-electron chi connectivity index (χ1n) is 9.01. The van der Waals surface area contributed by atoms with Crippen LogP contribution in [0.5, 0.6) is 0 Å². The summed E-state index contributed by atoms with van der Waals surface area (Å²) in [5.74, 6) is 0. The number of nitrogens with two attached hydrogens (primary N) is 1. The first-order chi connectivity index (χ1) is 14.3. The minimum atomic E-state index is -3.86. The average molecular weight is 425 g/mol. The molecule has 0 fully saturated rings. The summed E-state index contributed by atoms with van der Waals surface area (Å²) in [6.45, 7) is 0. The lowest BCUT2D eigenvalue weighted by Crippen LogP contribution is -2.12. The maximum absolute atomic E-state index is 13.5. The van der Waals surface area contributed by atoms with E-state index in [9.17, 15) is 17.2 Å². The van der Waals surface area contributed by atoms with Crippen LogP contribution in [-0.2, 0) is 10.0 Å². The van der Waals surface area contributed by atoms with Crippen LogP contribution in [0.15, 0.2) is 89.8 Å². The number of sulfonamides is 1. The number of alkyl halides is 2. The van der Waals surface area contributed by atoms with Gasteiger partial charge in [0.1, 0.15) is 5.69 Å². The topological polar surface area (TPSA) is 78.0 Å². The molecule has 0 saturated carbocycles. The molecule has 3 aromatic carbocycles. The first kappa shape index (κ1) is 19.9. The number of aromatic nitrogens is 2. The highest BCUT2D eigenvalue weighted by molar-refractivity contribution is 7.89. The molecule has 30 heavy (non-hydrogen) atoms. The highest BCUT2D eigenvalue weighted by atomic mass is 32.2. The molecule has 1 aromatic heterocycles. The van der Waals surface area contributed by atoms with Crippen molar-refractivity contribution in [3.8, 4) is 28.1 Å². The Balaban J connectivity index is 1.91. The molecule has 0 aliphatic carbocycles. The van der Waals surface area contributed by atoms with Crippen LogP contribution >= 0.6 is 0 Å². The van der Waals surface area contributed by atoms with Gasteiger partial charge >= 0.3 is 0 Å². The Morgan fingerprint density at radius 2 is 1.43 bits per heavy atom. The maximum Gasteiger partial charge on any atom is 0.282 e. The van der Waals surface area contributed by atoms with Crippen LogP contribution in [0.1, 0.15) is 12.1 Å². The van der Waals surface area contributed by atoms with E-state index < -0.39 is 16.4 Å². The minimum Gasteiger partial charge on any atom is -0.233 e. The number of benzene rings is 3. The van der Waals surface area contributed by atoms with Crippen molar-refractivity contribution >= 4 is 10.0 Å². The molecule has 8 heteroatoms. The Hall–Kier alpha value is -3.36. The summed E-state index contributed by atoms with van der Waals surface area (Å²) in [6, 6.07) is 24.0. The summed E-state index contributed by atoms with van der Waals surface area (Å²) >= 11 is 0. The van der Waals surface area contributed by atoms with Gasteiger partial charge in [0.25, 0.3) is 6.43 Å². The fourth-order valence-electron chi connectivity index (χ4n) is 3.25. The maximum atomic E-state index is 13.5. The molecule has 0 atom stereocenters. The molecule has 4 rings (SSSR count). The molecule has 0 bridgehead atoms. The number of rotatable bonds is 5. The van der Waals surface area contributed by atoms with Gasteiger partial charge in [-0.1, -0.05) is 54.6 Å². The van der Waals surface area contributed by atoms with E-state index in [4.69, 9.17) is 5.14 Å². The third-order valence-corrected chi connectivity index (χ3v) is 5.58. The molecule has 0 unspecified atom stereocenters. The lowest BCUT2D eigenvalue weighted by atomic mass is 9.97. The van der Waals surface area contributed by atoms with E-state index in [1.165, 1.54) is 35.0 Å². The van der Waals surface area contributed by atoms with Gasteiger partial charge in [-0.3, -0.25) is 0 Å². The average Bonchev–Trinajstić information content (AvgIpc) is 3.20. The number of hydrogen-bond donors (Lipinski definition) is 1. The summed E-state index contributed by atoms with van der Waals surface area (Å²) in [6.07, 6.45) is -2.75. The first-order valence-corrected chi connectivity index (χ1v) is 10.6. The Morgan fingerprint density at radius 1 is 0.833 bits per heavy atom. The van der Waals surface area contributed by atoms with Gasteiger partial charge in [0.2, 0.25) is 10.0 Å². The Bertz CT molecular complexity index is 1290. The highest BCUT2D eigenvalue weighted by Gasteiger charge is 2.20. The van der Waals surface area contributed by atoms with Crippen molar-refractivity contribution in [1.29, 1.82) is 0 Å². The van der Waals surface area contributed by atoms with Gasteiger partial charge in [-0.05, 0) is 41.5 Å². The van der Waals surface area contributed by atoms with Gasteiger partial charge in [-0.2, -0.15) is 5.10 Å². The van der Waals surface area contributed by atoms with E-state index in [0.717, 1.165) is 16.7 Å². The molecular weight excluding hydrogens is 408 g/mol. The van der Waals surface area contributed by atoms with Crippen molar-refractivity contribution < 1.29 is 17.2 Å². The Labute approximate surface area is 172 Å². The second-order valence-electron chi connectivity index (χ2n) is 6.62. The lowest BCUT2D eigenvalue weighted by molar-refractivity contribution is 0.145. The third kappa shape index (κ3) is 3.87. The molecule has 5 nitrogen and oxygen atoms in total. The fourth-order valence-corrected chi connectivity index (χ4v) is 3.76. The van der Waals surface area contributed by atoms with Crippen LogP contribution in [0.25, 0.3) is 28.1 Å². The van der Waals surface area contributed by atoms with E-state index >= 15 is 0 Å². The second kappa shape index (κ2) is 7.81. The van der Waals surface area contributed by atoms with E-state index in [-0.39, 0.29) is 10.6 Å². The van der Waals surface area contributed by atoms with Gasteiger partial charge in [-0.25, -0.2) is 27.0 Å². The summed E-state index contributed by atoms with van der Waals surface area (Å²) in [4.78, 5) is -0.0706. The lowest BCUT2D eigenvalue weighted by Gasteiger charge is -2.12. The summed E-state index contributed by atoms with van der Waals surface area (Å²) in [5, 5.41) is 9.21. The fraction of sp³-hybridized carbons (Fsp3) is 0.0455. The second-order valence-corrected chi connectivity index (χ2v) is 8.18. The number of halogens is 2. The molecule has 1 heterocycles. The number of hydrogen-bond acceptors (Lipinski definition) is 3. The summed E-state index contributed by atoms with van der Waals surface area (Å²) in [5.41, 5.74) is 3.05. The summed E-state index contributed by atoms with van der Waals surface area (Å²) in [7, 11) is -3.86. The van der Waals surface area contributed by atoms with Crippen LogP contribution in [0.4, 0.5) is 8.78 Å². The Kier molecular flexibility index (Phi) is 5.19. The van der Waals surface area contributed by atoms with E-state index in [1.807, 2.05) is 54.6 Å². The monoisotopic (exact) mass is 425 g/mol. The molecule has 152 valence electrons. The van der Waals surface area contributed by atoms with Crippen molar-refractivity contribution in [1.82, 2.24) is 9.78 Å². The van der Waals surface area contributed by atoms with Gasteiger partial charge in [0.15, 0.2) is 0 Å². The van der Waals surface area contributed by atoms with Crippen LogP contribution in [0.3, 0.4) is 0 Å². The van der Waals surface area contributed by atoms with Crippen molar-refractivity contribution in [3.63, 3.8) is 0 Å². The standard InChI is InChI=1S/C22H17F2N3O2S/c23-22(24)20-14-21(19-9-5-4-8-18(19)15-6-2-1-3-7-15)27(26-20)16-10-12-17(13-11-16)30(25,28)29/h1-14,22H,(H2,25,28,29). The van der Waals surface area contributed by atoms with Crippen molar-refractivity contribution in [2.75, 3.05) is 0 Å². The van der Waals surface area contributed by atoms with Gasteiger partial charge in [0, 0.05) is 5.56 Å². The minimum absolute atomic E-state index is 0.0706. The van der Waals surface area contributed by atoms with Gasteiger partial charge in [0.05, 0.1) is 16.3 Å². The molecule has 0 aliphatic heterocycles. The molecule has 0 amide bonds. The van der Waals surface area contributed by atoms with Crippen LogP contribution in [0.2, 0.25) is 0 Å². The zero-order valence-electron chi connectivity index (χ0n) is 15.6. The zero-order valence-corrected chi connectivity index (χ0v) is 16.4. The molecule has 0 aliphatic rings. The smallest absolute Gasteiger partial charge is 0.233 e. The molecule has 2 N–H and O–H groups in total. The van der Waals surface area contributed by atoms with E-state index in [1.54, 1.807) is 0 Å². The van der Waals surface area contributed by atoms with Gasteiger partial charge in [-0.15, -0.1) is 0 Å². The molecular formula is C22H17F2N3O2S. The van der Waals surface area contributed by atoms with Crippen LogP contribution in [0, 0.1) is 0 Å². The van der Waals surface area contributed by atoms with Crippen LogP contribution in [-0.4, -0.2) is 18.2 Å². The largest absolute Gasteiger partial charge is 0.282 e. The summed E-state index contributed by atoms with van der Waals surface area (Å²) < 4.78 is 51.4. The number of nitrogens with zero attached hydrogens (tertiary/aromatic N) is 2. The Morgan fingerprint density at radius 3 is 2.03 bits per heavy atom. The SMILES string of the molecule is NS(=O)(=O)c1ccc(-n2nc(C(F)F)cc2-c2ccccc2-c2ccccc2)cc1. The van der Waals surface area contributed by atoms with Crippen molar-refractivity contribution in [2.24, 2.45) is 5.14 Å². The van der Waals surface area contributed by atoms with E-state index in [2.05, 4.69) is 5.10 Å². The molecule has 0 spiro atoms. The molecule has 4 aromatic rings. The van der Waals surface area contributed by atoms with E-state index in [0.29, 0.717) is 11.4 Å². The zero-order chi connectivity index (χ0) is 21.3. The highest BCUT2D eigenvalue weighted by Crippen LogP contribution is 2.35. The van der Waals surface area contributed by atoms with Crippen molar-refractivity contribution in [3.05, 3.63) is 90.6 Å². The number of primary sulfonamides is 1. The quantitative estimate of drug-likeness (QED) is 0.499. The normalized spacial score (nSPS) is 11.7. The van der Waals surface area contributed by atoms with Gasteiger partial charge < -0.3 is 0 Å². The predicted octanol–water partition coefficient (Wildman–Crippen LogP) is 4.79.